The van der Waals surface area contributed by atoms with Crippen LogP contribution in [0, 0.1) is 0 Å². The fraction of sp³-hybridized carbons (Fsp3) is 0.211. The molecular weight excluding hydrogens is 332 g/mol. The molecule has 0 unspecified atom stereocenters. The molecule has 3 aromatic rings. The van der Waals surface area contributed by atoms with E-state index in [0.29, 0.717) is 19.2 Å². The molecule has 4 rings (SSSR count). The normalized spacial score (nSPS) is 14.4. The van der Waals surface area contributed by atoms with Gasteiger partial charge in [0, 0.05) is 24.2 Å². The largest absolute Gasteiger partial charge is 0.478 e. The number of hydrogen-bond donors (Lipinski definition) is 2. The van der Waals surface area contributed by atoms with Gasteiger partial charge in [-0.1, -0.05) is 12.1 Å². The molecule has 2 N–H and O–H groups in total. The smallest absolute Gasteiger partial charge is 0.335 e. The number of morpholine rings is 1. The Labute approximate surface area is 150 Å². The van der Waals surface area contributed by atoms with Crippen molar-refractivity contribution < 1.29 is 14.6 Å². The number of anilines is 3. The minimum atomic E-state index is -0.951. The first-order valence-electron chi connectivity index (χ1n) is 8.40. The van der Waals surface area contributed by atoms with Crippen molar-refractivity contribution in [2.24, 2.45) is 0 Å². The van der Waals surface area contributed by atoms with E-state index in [1.165, 1.54) is 0 Å². The van der Waals surface area contributed by atoms with Crippen LogP contribution in [0.15, 0.2) is 48.5 Å². The summed E-state index contributed by atoms with van der Waals surface area (Å²) in [5.74, 6) is 0.407. The lowest BCUT2D eigenvalue weighted by atomic mass is 10.2. The minimum absolute atomic E-state index is 0.240. The van der Waals surface area contributed by atoms with Crippen LogP contribution in [0.2, 0.25) is 0 Å². The molecule has 1 aliphatic heterocycles. The summed E-state index contributed by atoms with van der Waals surface area (Å²) in [6, 6.07) is 14.4. The topological polar surface area (TPSA) is 87.6 Å². The Morgan fingerprint density at radius 3 is 2.50 bits per heavy atom. The zero-order chi connectivity index (χ0) is 17.9. The molecule has 2 heterocycles. The Morgan fingerprint density at radius 1 is 1.04 bits per heavy atom. The van der Waals surface area contributed by atoms with Crippen molar-refractivity contribution in [3.8, 4) is 0 Å². The third-order valence-electron chi connectivity index (χ3n) is 4.28. The summed E-state index contributed by atoms with van der Waals surface area (Å²) in [6.07, 6.45) is 0. The van der Waals surface area contributed by atoms with Crippen LogP contribution in [-0.2, 0) is 4.74 Å². The van der Waals surface area contributed by atoms with Crippen LogP contribution >= 0.6 is 0 Å². The molecule has 0 bridgehead atoms. The molecule has 1 fully saturated rings. The van der Waals surface area contributed by atoms with Crippen molar-refractivity contribution in [3.05, 3.63) is 54.1 Å². The first-order valence-corrected chi connectivity index (χ1v) is 8.40. The molecule has 0 atom stereocenters. The highest BCUT2D eigenvalue weighted by molar-refractivity contribution is 5.91. The summed E-state index contributed by atoms with van der Waals surface area (Å²) in [5, 5.41) is 13.2. The molecule has 0 radical (unpaired) electrons. The molecule has 1 aromatic heterocycles. The molecule has 7 nitrogen and oxygen atoms in total. The highest BCUT2D eigenvalue weighted by Crippen LogP contribution is 2.27. The van der Waals surface area contributed by atoms with Gasteiger partial charge >= 0.3 is 5.97 Å². The van der Waals surface area contributed by atoms with Crippen molar-refractivity contribution >= 4 is 34.3 Å². The van der Waals surface area contributed by atoms with Crippen LogP contribution < -0.4 is 10.2 Å². The van der Waals surface area contributed by atoms with Crippen molar-refractivity contribution in [1.82, 2.24) is 9.97 Å². The number of ether oxygens (including phenoxy) is 1. The molecule has 26 heavy (non-hydrogen) atoms. The monoisotopic (exact) mass is 350 g/mol. The van der Waals surface area contributed by atoms with Gasteiger partial charge in [0.05, 0.1) is 24.3 Å². The number of hydrogen-bond acceptors (Lipinski definition) is 6. The summed E-state index contributed by atoms with van der Waals surface area (Å²) >= 11 is 0. The van der Waals surface area contributed by atoms with Gasteiger partial charge in [-0.05, 0) is 36.4 Å². The average Bonchev–Trinajstić information content (AvgIpc) is 2.68. The third-order valence-corrected chi connectivity index (χ3v) is 4.28. The van der Waals surface area contributed by atoms with Gasteiger partial charge < -0.3 is 20.1 Å². The maximum absolute atomic E-state index is 11.0. The zero-order valence-corrected chi connectivity index (χ0v) is 14.1. The maximum atomic E-state index is 11.0. The van der Waals surface area contributed by atoms with Gasteiger partial charge in [-0.15, -0.1) is 0 Å². The second-order valence-electron chi connectivity index (χ2n) is 5.99. The molecule has 2 aromatic carbocycles. The second-order valence-corrected chi connectivity index (χ2v) is 5.99. The van der Waals surface area contributed by atoms with Crippen LogP contribution in [0.1, 0.15) is 10.4 Å². The van der Waals surface area contributed by atoms with Gasteiger partial charge in [-0.2, -0.15) is 4.98 Å². The number of carboxylic acids is 1. The van der Waals surface area contributed by atoms with Crippen LogP contribution in [0.25, 0.3) is 10.9 Å². The number of rotatable bonds is 4. The van der Waals surface area contributed by atoms with Crippen LogP contribution in [0.4, 0.5) is 17.5 Å². The first-order chi connectivity index (χ1) is 12.7. The standard InChI is InChI=1S/C19H18N4O3/c24-18(25)13-5-7-14(8-6-13)20-19-21-16-4-2-1-3-15(16)17(22-19)23-9-11-26-12-10-23/h1-8H,9-12H2,(H,24,25)(H,20,21,22). The number of nitrogens with zero attached hydrogens (tertiary/aromatic N) is 3. The Hall–Kier alpha value is -3.19. The number of carbonyl (C=O) groups is 1. The number of benzene rings is 2. The van der Waals surface area contributed by atoms with E-state index in [0.717, 1.165) is 35.5 Å². The summed E-state index contributed by atoms with van der Waals surface area (Å²) in [5.41, 5.74) is 1.83. The predicted molar refractivity (Wildman–Crippen MR) is 99.3 cm³/mol. The Bertz CT molecular complexity index is 937. The van der Waals surface area contributed by atoms with E-state index in [1.54, 1.807) is 24.3 Å². The Kier molecular flexibility index (Phi) is 4.37. The van der Waals surface area contributed by atoms with Crippen molar-refractivity contribution in [2.75, 3.05) is 36.5 Å². The SMILES string of the molecule is O=C(O)c1ccc(Nc2nc(N3CCOCC3)c3ccccc3n2)cc1. The Morgan fingerprint density at radius 2 is 1.77 bits per heavy atom. The van der Waals surface area contributed by atoms with Gasteiger partial charge in [0.25, 0.3) is 0 Å². The van der Waals surface area contributed by atoms with Gasteiger partial charge in [-0.25, -0.2) is 9.78 Å². The van der Waals surface area contributed by atoms with Crippen molar-refractivity contribution in [2.45, 2.75) is 0 Å². The quantitative estimate of drug-likeness (QED) is 0.748. The molecule has 0 spiro atoms. The molecule has 0 saturated carbocycles. The van der Waals surface area contributed by atoms with Crippen LogP contribution in [0.3, 0.4) is 0 Å². The number of fused-ring (bicyclic) bond motifs is 1. The highest BCUT2D eigenvalue weighted by Gasteiger charge is 2.17. The van der Waals surface area contributed by atoms with Gasteiger partial charge in [-0.3, -0.25) is 0 Å². The molecule has 1 saturated heterocycles. The lowest BCUT2D eigenvalue weighted by molar-refractivity contribution is 0.0697. The number of aromatic nitrogens is 2. The fourth-order valence-electron chi connectivity index (χ4n) is 2.96. The summed E-state index contributed by atoms with van der Waals surface area (Å²) < 4.78 is 5.44. The van der Waals surface area contributed by atoms with E-state index in [9.17, 15) is 4.79 Å². The van der Waals surface area contributed by atoms with Crippen molar-refractivity contribution in [3.63, 3.8) is 0 Å². The lowest BCUT2D eigenvalue weighted by Gasteiger charge is -2.29. The molecule has 132 valence electrons. The lowest BCUT2D eigenvalue weighted by Crippen LogP contribution is -2.37. The molecular formula is C19H18N4O3. The fourth-order valence-corrected chi connectivity index (χ4v) is 2.96. The first kappa shape index (κ1) is 16.3. The average molecular weight is 350 g/mol. The summed E-state index contributed by atoms with van der Waals surface area (Å²) in [7, 11) is 0. The molecule has 0 aliphatic carbocycles. The molecule has 7 heteroatoms. The van der Waals surface area contributed by atoms with E-state index in [-0.39, 0.29) is 5.56 Å². The maximum Gasteiger partial charge on any atom is 0.335 e. The predicted octanol–water partition coefficient (Wildman–Crippen LogP) is 2.91. The van der Waals surface area contributed by atoms with Gasteiger partial charge in [0.1, 0.15) is 5.82 Å². The van der Waals surface area contributed by atoms with Crippen molar-refractivity contribution in [1.29, 1.82) is 0 Å². The second kappa shape index (κ2) is 6.97. The van der Waals surface area contributed by atoms with Crippen LogP contribution in [0.5, 0.6) is 0 Å². The van der Waals surface area contributed by atoms with E-state index in [4.69, 9.17) is 14.8 Å². The third kappa shape index (κ3) is 3.29. The number of nitrogens with one attached hydrogen (secondary N) is 1. The van der Waals surface area contributed by atoms with Crippen LogP contribution in [-0.4, -0.2) is 47.3 Å². The Balaban J connectivity index is 1.69. The zero-order valence-electron chi connectivity index (χ0n) is 14.1. The van der Waals surface area contributed by atoms with E-state index >= 15 is 0 Å². The van der Waals surface area contributed by atoms with E-state index in [2.05, 4.69) is 15.2 Å². The van der Waals surface area contributed by atoms with E-state index < -0.39 is 5.97 Å². The summed E-state index contributed by atoms with van der Waals surface area (Å²) in [6.45, 7) is 2.93. The molecule has 1 aliphatic rings. The van der Waals surface area contributed by atoms with Gasteiger partial charge in [0.2, 0.25) is 5.95 Å². The molecule has 0 amide bonds. The summed E-state index contributed by atoms with van der Waals surface area (Å²) in [4.78, 5) is 22.5. The minimum Gasteiger partial charge on any atom is -0.478 e. The number of para-hydroxylation sites is 1. The number of carboxylic acid groups (broad SMARTS) is 1. The van der Waals surface area contributed by atoms with E-state index in [1.807, 2.05) is 24.3 Å². The number of aromatic carboxylic acids is 1. The van der Waals surface area contributed by atoms with Gasteiger partial charge in [0.15, 0.2) is 0 Å². The highest BCUT2D eigenvalue weighted by atomic mass is 16.5.